The number of amides is 1. The van der Waals surface area contributed by atoms with Crippen LogP contribution in [0.2, 0.25) is 0 Å². The molecule has 6 heteroatoms. The number of anilines is 2. The van der Waals surface area contributed by atoms with Crippen LogP contribution in [0.3, 0.4) is 0 Å². The fourth-order valence-corrected chi connectivity index (χ4v) is 4.82. The Bertz CT molecular complexity index is 950. The van der Waals surface area contributed by atoms with Gasteiger partial charge in [0.25, 0.3) is 0 Å². The summed E-state index contributed by atoms with van der Waals surface area (Å²) in [4.78, 5) is 21.7. The predicted octanol–water partition coefficient (Wildman–Crippen LogP) is 3.68. The average molecular weight is 381 g/mol. The van der Waals surface area contributed by atoms with Gasteiger partial charge in [-0.05, 0) is 49.6 Å². The van der Waals surface area contributed by atoms with E-state index >= 15 is 0 Å². The van der Waals surface area contributed by atoms with Crippen molar-refractivity contribution in [3.63, 3.8) is 0 Å². The van der Waals surface area contributed by atoms with Gasteiger partial charge < -0.3 is 15.5 Å². The molecule has 0 bridgehead atoms. The number of rotatable bonds is 4. The molecule has 5 nitrogen and oxygen atoms in total. The Morgan fingerprint density at radius 1 is 1.30 bits per heavy atom. The first kappa shape index (κ1) is 17.8. The van der Waals surface area contributed by atoms with E-state index in [0.29, 0.717) is 6.54 Å². The molecule has 3 aromatic rings. The van der Waals surface area contributed by atoms with Crippen LogP contribution in [0.1, 0.15) is 23.9 Å². The lowest BCUT2D eigenvalue weighted by Crippen LogP contribution is -2.47. The highest BCUT2D eigenvalue weighted by Gasteiger charge is 2.29. The molecule has 0 saturated heterocycles. The monoisotopic (exact) mass is 380 g/mol. The van der Waals surface area contributed by atoms with Crippen molar-refractivity contribution in [3.8, 4) is 0 Å². The molecule has 2 aromatic carbocycles. The standard InChI is InChI=1S/C21H24N4OS/c1-14(25-12-6-7-15-16(22)8-5-10-18(15)25)21(26)24(2)13-20-23-17-9-3-4-11-19(17)27-20/h3-5,8-11,14H,6-7,12-13,22H2,1-2H3. The molecule has 1 aliphatic heterocycles. The normalized spacial score (nSPS) is 14.8. The highest BCUT2D eigenvalue weighted by Crippen LogP contribution is 2.33. The van der Waals surface area contributed by atoms with Crippen molar-refractivity contribution in [1.82, 2.24) is 9.88 Å². The fourth-order valence-electron chi connectivity index (χ4n) is 3.80. The number of carbonyl (C=O) groups excluding carboxylic acids is 1. The minimum Gasteiger partial charge on any atom is -0.398 e. The number of hydrogen-bond donors (Lipinski definition) is 1. The zero-order valence-corrected chi connectivity index (χ0v) is 16.5. The van der Waals surface area contributed by atoms with Crippen LogP contribution in [0.15, 0.2) is 42.5 Å². The van der Waals surface area contributed by atoms with E-state index in [-0.39, 0.29) is 11.9 Å². The highest BCUT2D eigenvalue weighted by molar-refractivity contribution is 7.18. The smallest absolute Gasteiger partial charge is 0.245 e. The third-order valence-electron chi connectivity index (χ3n) is 5.23. The van der Waals surface area contributed by atoms with Crippen LogP contribution in [0, 0.1) is 0 Å². The summed E-state index contributed by atoms with van der Waals surface area (Å²) in [6, 6.07) is 13.8. The first-order valence-corrected chi connectivity index (χ1v) is 10.1. The molecule has 2 heterocycles. The molecule has 1 atom stereocenters. The maximum Gasteiger partial charge on any atom is 0.245 e. The summed E-state index contributed by atoms with van der Waals surface area (Å²) in [5.41, 5.74) is 10.2. The number of hydrogen-bond acceptors (Lipinski definition) is 5. The van der Waals surface area contributed by atoms with E-state index < -0.39 is 0 Å². The maximum atomic E-state index is 13.1. The summed E-state index contributed by atoms with van der Waals surface area (Å²) in [6.07, 6.45) is 1.99. The number of para-hydroxylation sites is 1. The zero-order valence-electron chi connectivity index (χ0n) is 15.7. The Labute approximate surface area is 163 Å². The minimum absolute atomic E-state index is 0.101. The van der Waals surface area contributed by atoms with E-state index in [2.05, 4.69) is 22.0 Å². The zero-order chi connectivity index (χ0) is 19.0. The van der Waals surface area contributed by atoms with Crippen LogP contribution in [0.5, 0.6) is 0 Å². The van der Waals surface area contributed by atoms with Crippen LogP contribution in [-0.4, -0.2) is 35.4 Å². The van der Waals surface area contributed by atoms with Gasteiger partial charge in [0.2, 0.25) is 5.91 Å². The van der Waals surface area contributed by atoms with Gasteiger partial charge in [0, 0.05) is 25.0 Å². The van der Waals surface area contributed by atoms with Gasteiger partial charge in [-0.3, -0.25) is 4.79 Å². The first-order chi connectivity index (χ1) is 13.0. The second-order valence-electron chi connectivity index (χ2n) is 7.09. The van der Waals surface area contributed by atoms with Crippen molar-refractivity contribution in [2.75, 3.05) is 24.2 Å². The summed E-state index contributed by atoms with van der Waals surface area (Å²) < 4.78 is 1.15. The summed E-state index contributed by atoms with van der Waals surface area (Å²) in [6.45, 7) is 3.38. The molecule has 0 saturated carbocycles. The molecule has 0 spiro atoms. The Hall–Kier alpha value is -2.60. The summed E-state index contributed by atoms with van der Waals surface area (Å²) in [5, 5.41) is 0.961. The molecule has 1 unspecified atom stereocenters. The molecule has 2 N–H and O–H groups in total. The first-order valence-electron chi connectivity index (χ1n) is 9.28. The number of nitrogen functional groups attached to an aromatic ring is 1. The average Bonchev–Trinajstić information content (AvgIpc) is 3.09. The molecule has 0 fully saturated rings. The maximum absolute atomic E-state index is 13.1. The lowest BCUT2D eigenvalue weighted by molar-refractivity contribution is -0.131. The Balaban J connectivity index is 1.51. The number of nitrogens with zero attached hydrogens (tertiary/aromatic N) is 3. The third kappa shape index (κ3) is 3.37. The number of thiazole rings is 1. The van der Waals surface area contributed by atoms with Crippen LogP contribution in [0.4, 0.5) is 11.4 Å². The highest BCUT2D eigenvalue weighted by atomic mass is 32.1. The summed E-state index contributed by atoms with van der Waals surface area (Å²) in [5.74, 6) is 0.101. The van der Waals surface area contributed by atoms with Gasteiger partial charge in [-0.2, -0.15) is 0 Å². The van der Waals surface area contributed by atoms with Gasteiger partial charge in [0.15, 0.2) is 0 Å². The van der Waals surface area contributed by atoms with Crippen LogP contribution in [-0.2, 0) is 17.8 Å². The van der Waals surface area contributed by atoms with E-state index in [0.717, 1.165) is 51.5 Å². The largest absolute Gasteiger partial charge is 0.398 e. The van der Waals surface area contributed by atoms with Crippen molar-refractivity contribution < 1.29 is 4.79 Å². The van der Waals surface area contributed by atoms with Gasteiger partial charge in [0.1, 0.15) is 11.0 Å². The molecular formula is C21H24N4OS. The topological polar surface area (TPSA) is 62.5 Å². The van der Waals surface area contributed by atoms with E-state index in [1.807, 2.05) is 44.3 Å². The van der Waals surface area contributed by atoms with Gasteiger partial charge in [0.05, 0.1) is 16.8 Å². The summed E-state index contributed by atoms with van der Waals surface area (Å²) >= 11 is 1.65. The van der Waals surface area contributed by atoms with Crippen molar-refractivity contribution in [3.05, 3.63) is 53.0 Å². The minimum atomic E-state index is -0.231. The quantitative estimate of drug-likeness (QED) is 0.702. The number of fused-ring (bicyclic) bond motifs is 2. The molecule has 27 heavy (non-hydrogen) atoms. The van der Waals surface area contributed by atoms with Gasteiger partial charge in [-0.15, -0.1) is 11.3 Å². The Kier molecular flexibility index (Phi) is 4.74. The van der Waals surface area contributed by atoms with Crippen molar-refractivity contribution in [2.24, 2.45) is 0 Å². The molecule has 1 aliphatic rings. The second kappa shape index (κ2) is 7.19. The molecule has 1 amide bonds. The van der Waals surface area contributed by atoms with Crippen LogP contribution < -0.4 is 10.6 Å². The van der Waals surface area contributed by atoms with E-state index in [1.54, 1.807) is 16.2 Å². The van der Waals surface area contributed by atoms with E-state index in [9.17, 15) is 4.79 Å². The number of nitrogens with two attached hydrogens (primary N) is 1. The lowest BCUT2D eigenvalue weighted by Gasteiger charge is -2.37. The SMILES string of the molecule is CC(C(=O)N(C)Cc1nc2ccccc2s1)N1CCCc2c(N)cccc21. The van der Waals surface area contributed by atoms with Crippen LogP contribution in [0.25, 0.3) is 10.2 Å². The molecule has 1 aromatic heterocycles. The number of likely N-dealkylation sites (N-methyl/N-ethyl adjacent to an activating group) is 1. The Morgan fingerprint density at radius 2 is 2.11 bits per heavy atom. The molecule has 140 valence electrons. The Morgan fingerprint density at radius 3 is 2.93 bits per heavy atom. The van der Waals surface area contributed by atoms with Crippen molar-refractivity contribution in [1.29, 1.82) is 0 Å². The van der Waals surface area contributed by atoms with Gasteiger partial charge >= 0.3 is 0 Å². The van der Waals surface area contributed by atoms with Gasteiger partial charge in [-0.1, -0.05) is 18.2 Å². The lowest BCUT2D eigenvalue weighted by atomic mass is 9.98. The number of aromatic nitrogens is 1. The van der Waals surface area contributed by atoms with Crippen LogP contribution >= 0.6 is 11.3 Å². The predicted molar refractivity (Wildman–Crippen MR) is 112 cm³/mol. The van der Waals surface area contributed by atoms with Gasteiger partial charge in [-0.25, -0.2) is 4.98 Å². The molecule has 4 rings (SSSR count). The fraction of sp³-hybridized carbons (Fsp3) is 0.333. The number of carbonyl (C=O) groups is 1. The molecule has 0 aliphatic carbocycles. The van der Waals surface area contributed by atoms with E-state index in [1.165, 1.54) is 0 Å². The molecule has 0 radical (unpaired) electrons. The summed E-state index contributed by atoms with van der Waals surface area (Å²) in [7, 11) is 1.86. The van der Waals surface area contributed by atoms with Crippen molar-refractivity contribution >= 4 is 38.8 Å². The number of benzene rings is 2. The molecular weight excluding hydrogens is 356 g/mol. The van der Waals surface area contributed by atoms with Crippen molar-refractivity contribution in [2.45, 2.75) is 32.4 Å². The third-order valence-corrected chi connectivity index (χ3v) is 6.26. The van der Waals surface area contributed by atoms with E-state index in [4.69, 9.17) is 5.73 Å². The second-order valence-corrected chi connectivity index (χ2v) is 8.20.